The Balaban J connectivity index is 1.45. The highest BCUT2D eigenvalue weighted by Gasteiger charge is 2.37. The van der Waals surface area contributed by atoms with Crippen LogP contribution in [0.5, 0.6) is 0 Å². The van der Waals surface area contributed by atoms with Crippen LogP contribution >= 0.6 is 0 Å². The van der Waals surface area contributed by atoms with Crippen molar-refractivity contribution in [2.75, 3.05) is 26.3 Å². The van der Waals surface area contributed by atoms with Gasteiger partial charge in [-0.05, 0) is 32.2 Å². The smallest absolute Gasteiger partial charge is 0.255 e. The minimum Gasteiger partial charge on any atom is -0.316 e. The molecule has 7 nitrogen and oxygen atoms in total. The molecule has 3 aliphatic heterocycles. The highest BCUT2D eigenvalue weighted by atomic mass is 16.2. The number of carbonyl (C=O) groups is 2. The molecule has 3 fully saturated rings. The lowest BCUT2D eigenvalue weighted by atomic mass is 9.99. The normalized spacial score (nSPS) is 36.4. The Morgan fingerprint density at radius 2 is 1.95 bits per heavy atom. The quantitative estimate of drug-likeness (QED) is 0.464. The zero-order valence-electron chi connectivity index (χ0n) is 11.7. The number of rotatable bonds is 2. The van der Waals surface area contributed by atoms with E-state index in [1.165, 1.54) is 0 Å². The van der Waals surface area contributed by atoms with Gasteiger partial charge in [0.05, 0.1) is 12.0 Å². The number of carbonyl (C=O) groups excluding carboxylic acids is 2. The van der Waals surface area contributed by atoms with Gasteiger partial charge >= 0.3 is 0 Å². The van der Waals surface area contributed by atoms with Gasteiger partial charge in [0.2, 0.25) is 5.91 Å². The molecular weight excluding hydrogens is 258 g/mol. The largest absolute Gasteiger partial charge is 0.316 e. The highest BCUT2D eigenvalue weighted by molar-refractivity contribution is 5.86. The van der Waals surface area contributed by atoms with Crippen molar-refractivity contribution in [2.45, 2.75) is 37.8 Å². The molecule has 0 aromatic heterocycles. The third kappa shape index (κ3) is 2.94. The summed E-state index contributed by atoms with van der Waals surface area (Å²) < 4.78 is 0. The second kappa shape index (κ2) is 6.07. The van der Waals surface area contributed by atoms with Crippen LogP contribution in [-0.4, -0.2) is 55.1 Å². The third-order valence-electron chi connectivity index (χ3n) is 4.55. The van der Waals surface area contributed by atoms with Gasteiger partial charge in [-0.25, -0.2) is 0 Å². The zero-order chi connectivity index (χ0) is 13.9. The molecular formula is C13H23N5O2. The van der Waals surface area contributed by atoms with E-state index < -0.39 is 0 Å². The Hall–Kier alpha value is -1.18. The lowest BCUT2D eigenvalue weighted by molar-refractivity contribution is -0.134. The molecule has 3 heterocycles. The van der Waals surface area contributed by atoms with Crippen LogP contribution < -0.4 is 21.5 Å². The lowest BCUT2D eigenvalue weighted by Gasteiger charge is -2.30. The highest BCUT2D eigenvalue weighted by Crippen LogP contribution is 2.21. The van der Waals surface area contributed by atoms with Crippen LogP contribution in [0.1, 0.15) is 25.7 Å². The van der Waals surface area contributed by atoms with Crippen LogP contribution in [0.15, 0.2) is 0 Å². The molecule has 3 unspecified atom stereocenters. The minimum atomic E-state index is -0.119. The monoisotopic (exact) mass is 281 g/mol. The third-order valence-corrected chi connectivity index (χ3v) is 4.55. The first-order valence-corrected chi connectivity index (χ1v) is 7.52. The van der Waals surface area contributed by atoms with E-state index in [0.29, 0.717) is 12.6 Å². The van der Waals surface area contributed by atoms with Gasteiger partial charge in [0.25, 0.3) is 5.91 Å². The maximum absolute atomic E-state index is 12.2. The molecule has 4 N–H and O–H groups in total. The molecule has 3 saturated heterocycles. The maximum Gasteiger partial charge on any atom is 0.255 e. The van der Waals surface area contributed by atoms with Gasteiger partial charge in [0.15, 0.2) is 0 Å². The van der Waals surface area contributed by atoms with E-state index >= 15 is 0 Å². The summed E-state index contributed by atoms with van der Waals surface area (Å²) >= 11 is 0. The van der Waals surface area contributed by atoms with Crippen LogP contribution in [0.25, 0.3) is 0 Å². The van der Waals surface area contributed by atoms with Crippen molar-refractivity contribution in [3.05, 3.63) is 0 Å². The number of fused-ring (bicyclic) bond motifs is 2. The summed E-state index contributed by atoms with van der Waals surface area (Å²) in [6.07, 6.45) is 3.77. The molecule has 0 aromatic rings. The molecule has 20 heavy (non-hydrogen) atoms. The zero-order valence-corrected chi connectivity index (χ0v) is 11.7. The van der Waals surface area contributed by atoms with E-state index in [4.69, 9.17) is 0 Å². The molecule has 112 valence electrons. The minimum absolute atomic E-state index is 0.0340. The van der Waals surface area contributed by atoms with Gasteiger partial charge in [0, 0.05) is 25.8 Å². The lowest BCUT2D eigenvalue weighted by Crippen LogP contribution is -2.55. The van der Waals surface area contributed by atoms with E-state index in [9.17, 15) is 9.59 Å². The summed E-state index contributed by atoms with van der Waals surface area (Å²) in [4.78, 5) is 26.3. The second-order valence-electron chi connectivity index (χ2n) is 5.95. The summed E-state index contributed by atoms with van der Waals surface area (Å²) in [6, 6.07) is 0.410. The molecule has 0 spiro atoms. The standard InChI is InChI=1S/C13H23N5O2/c19-12(9-2-1-5-14-6-9)16-17-13(20)11-4-3-10-7-18(11)8-15-10/h9-11,14-15H,1-8H2,(H,16,19)(H,17,20)/t9-,10?,11?/m1/s1. The number of nitrogens with zero attached hydrogens (tertiary/aromatic N) is 1. The number of hydrogen-bond donors (Lipinski definition) is 4. The molecule has 0 aromatic carbocycles. The number of hydrogen-bond acceptors (Lipinski definition) is 5. The molecule has 7 heteroatoms. The molecule has 3 rings (SSSR count). The Labute approximate surface area is 118 Å². The van der Waals surface area contributed by atoms with Crippen molar-refractivity contribution in [1.82, 2.24) is 26.4 Å². The Morgan fingerprint density at radius 1 is 1.10 bits per heavy atom. The molecule has 4 atom stereocenters. The Kier molecular flexibility index (Phi) is 4.18. The molecule has 2 amide bonds. The van der Waals surface area contributed by atoms with Crippen LogP contribution in [-0.2, 0) is 9.59 Å². The first-order chi connectivity index (χ1) is 9.74. The van der Waals surface area contributed by atoms with Crippen LogP contribution in [0.4, 0.5) is 0 Å². The van der Waals surface area contributed by atoms with Gasteiger partial charge < -0.3 is 10.6 Å². The average molecular weight is 281 g/mol. The van der Waals surface area contributed by atoms with Crippen molar-refractivity contribution in [3.63, 3.8) is 0 Å². The number of nitrogens with one attached hydrogen (secondary N) is 4. The van der Waals surface area contributed by atoms with E-state index in [0.717, 1.165) is 45.4 Å². The van der Waals surface area contributed by atoms with Gasteiger partial charge in [-0.2, -0.15) is 0 Å². The Morgan fingerprint density at radius 3 is 2.75 bits per heavy atom. The molecule has 2 bridgehead atoms. The summed E-state index contributed by atoms with van der Waals surface area (Å²) in [5, 5.41) is 6.57. The van der Waals surface area contributed by atoms with E-state index in [-0.39, 0.29) is 23.8 Å². The second-order valence-corrected chi connectivity index (χ2v) is 5.95. The fourth-order valence-corrected chi connectivity index (χ4v) is 3.31. The van der Waals surface area contributed by atoms with Crippen molar-refractivity contribution >= 4 is 11.8 Å². The van der Waals surface area contributed by atoms with E-state index in [2.05, 4.69) is 26.4 Å². The van der Waals surface area contributed by atoms with Crippen molar-refractivity contribution in [2.24, 2.45) is 5.92 Å². The SMILES string of the molecule is O=C(NNC(=O)[C@@H]1CCCNC1)C1CCC2CN1CN2. The predicted molar refractivity (Wildman–Crippen MR) is 73.4 cm³/mol. The summed E-state index contributed by atoms with van der Waals surface area (Å²) in [5.41, 5.74) is 5.18. The van der Waals surface area contributed by atoms with Crippen molar-refractivity contribution < 1.29 is 9.59 Å². The van der Waals surface area contributed by atoms with Crippen LogP contribution in [0.2, 0.25) is 0 Å². The molecule has 0 saturated carbocycles. The van der Waals surface area contributed by atoms with Gasteiger partial charge in [0.1, 0.15) is 0 Å². The molecule has 0 aliphatic carbocycles. The summed E-state index contributed by atoms with van der Waals surface area (Å²) in [7, 11) is 0. The number of piperidine rings is 2. The van der Waals surface area contributed by atoms with Gasteiger partial charge in [-0.1, -0.05) is 0 Å². The Bertz CT molecular complexity index is 383. The van der Waals surface area contributed by atoms with Crippen LogP contribution in [0.3, 0.4) is 0 Å². The summed E-state index contributed by atoms with van der Waals surface area (Å²) in [5.74, 6) is -0.212. The fourth-order valence-electron chi connectivity index (χ4n) is 3.31. The van der Waals surface area contributed by atoms with Gasteiger partial charge in [-0.3, -0.25) is 25.3 Å². The summed E-state index contributed by atoms with van der Waals surface area (Å²) in [6.45, 7) is 3.37. The van der Waals surface area contributed by atoms with E-state index in [1.807, 2.05) is 0 Å². The molecule has 3 aliphatic rings. The topological polar surface area (TPSA) is 85.5 Å². The first kappa shape index (κ1) is 13.8. The average Bonchev–Trinajstić information content (AvgIpc) is 2.87. The van der Waals surface area contributed by atoms with Crippen LogP contribution in [0, 0.1) is 5.92 Å². The van der Waals surface area contributed by atoms with Gasteiger partial charge in [-0.15, -0.1) is 0 Å². The van der Waals surface area contributed by atoms with Crippen molar-refractivity contribution in [1.29, 1.82) is 0 Å². The van der Waals surface area contributed by atoms with E-state index in [1.54, 1.807) is 0 Å². The van der Waals surface area contributed by atoms with Crippen molar-refractivity contribution in [3.8, 4) is 0 Å². The first-order valence-electron chi connectivity index (χ1n) is 7.52. The molecule has 0 radical (unpaired) electrons. The number of amides is 2. The fraction of sp³-hybridized carbons (Fsp3) is 0.846. The maximum atomic E-state index is 12.2. The predicted octanol–water partition coefficient (Wildman–Crippen LogP) is -1.47. The number of hydrazine groups is 1.